The van der Waals surface area contributed by atoms with Crippen LogP contribution in [0.4, 0.5) is 5.69 Å². The summed E-state index contributed by atoms with van der Waals surface area (Å²) in [7, 11) is 1.54. The number of nitrogen functional groups attached to an aromatic ring is 1. The van der Waals surface area contributed by atoms with Gasteiger partial charge in [0.2, 0.25) is 5.91 Å². The summed E-state index contributed by atoms with van der Waals surface area (Å²) in [5.41, 5.74) is 6.08. The summed E-state index contributed by atoms with van der Waals surface area (Å²) >= 11 is 0. The molecule has 0 saturated carbocycles. The summed E-state index contributed by atoms with van der Waals surface area (Å²) in [5.74, 6) is -0.759. The molecule has 1 heterocycles. The van der Waals surface area contributed by atoms with Crippen LogP contribution in [0.3, 0.4) is 0 Å². The standard InChI is InChI=1S/C11H19N5O3/c1-3-16-7-8(12)10(15-16)11(18)14-6-9(17)13-4-5-19-2/h7H,3-6,12H2,1-2H3,(H,13,17)(H,14,18). The lowest BCUT2D eigenvalue weighted by molar-refractivity contribution is -0.120. The Bertz CT molecular complexity index is 444. The number of nitrogens with two attached hydrogens (primary N) is 1. The summed E-state index contributed by atoms with van der Waals surface area (Å²) in [6.07, 6.45) is 1.58. The number of amides is 2. The highest BCUT2D eigenvalue weighted by Crippen LogP contribution is 2.08. The second-order valence-electron chi connectivity index (χ2n) is 3.81. The van der Waals surface area contributed by atoms with E-state index < -0.39 is 5.91 Å². The van der Waals surface area contributed by atoms with Gasteiger partial charge in [0.25, 0.3) is 5.91 Å². The van der Waals surface area contributed by atoms with Gasteiger partial charge in [0.05, 0.1) is 18.8 Å². The van der Waals surface area contributed by atoms with E-state index in [0.717, 1.165) is 0 Å². The van der Waals surface area contributed by atoms with Crippen LogP contribution in [0.1, 0.15) is 17.4 Å². The Hall–Kier alpha value is -2.09. The van der Waals surface area contributed by atoms with Crippen LogP contribution in [0.2, 0.25) is 0 Å². The van der Waals surface area contributed by atoms with Crippen LogP contribution in [0, 0.1) is 0 Å². The summed E-state index contributed by atoms with van der Waals surface area (Å²) in [5, 5.41) is 9.05. The summed E-state index contributed by atoms with van der Waals surface area (Å²) in [6.45, 7) is 3.21. The van der Waals surface area contributed by atoms with Crippen molar-refractivity contribution in [1.82, 2.24) is 20.4 Å². The Kier molecular flexibility index (Phi) is 5.80. The first kappa shape index (κ1) is 15.0. The lowest BCUT2D eigenvalue weighted by Crippen LogP contribution is -2.38. The molecule has 1 aromatic heterocycles. The monoisotopic (exact) mass is 269 g/mol. The highest BCUT2D eigenvalue weighted by atomic mass is 16.5. The van der Waals surface area contributed by atoms with Gasteiger partial charge in [-0.15, -0.1) is 0 Å². The molecule has 0 bridgehead atoms. The number of aryl methyl sites for hydroxylation is 1. The molecule has 0 aliphatic heterocycles. The van der Waals surface area contributed by atoms with Gasteiger partial charge in [0, 0.05) is 26.4 Å². The maximum Gasteiger partial charge on any atom is 0.274 e. The third-order valence-electron chi connectivity index (χ3n) is 2.37. The van der Waals surface area contributed by atoms with E-state index in [1.165, 1.54) is 0 Å². The van der Waals surface area contributed by atoms with E-state index in [0.29, 0.717) is 25.4 Å². The molecule has 8 nitrogen and oxygen atoms in total. The molecule has 2 amide bonds. The number of hydrogen-bond acceptors (Lipinski definition) is 5. The van der Waals surface area contributed by atoms with Crippen LogP contribution in [0.15, 0.2) is 6.20 Å². The molecule has 1 rings (SSSR count). The molecular weight excluding hydrogens is 250 g/mol. The van der Waals surface area contributed by atoms with Crippen LogP contribution in [0.25, 0.3) is 0 Å². The maximum atomic E-state index is 11.8. The predicted molar refractivity (Wildman–Crippen MR) is 69.5 cm³/mol. The fraction of sp³-hybridized carbons (Fsp3) is 0.545. The van der Waals surface area contributed by atoms with Gasteiger partial charge in [-0.3, -0.25) is 14.3 Å². The first-order chi connectivity index (χ1) is 9.08. The zero-order valence-electron chi connectivity index (χ0n) is 11.1. The van der Waals surface area contributed by atoms with Crippen LogP contribution in [-0.4, -0.2) is 48.4 Å². The second-order valence-corrected chi connectivity index (χ2v) is 3.81. The minimum absolute atomic E-state index is 0.124. The molecule has 0 unspecified atom stereocenters. The van der Waals surface area contributed by atoms with Crippen molar-refractivity contribution in [1.29, 1.82) is 0 Å². The largest absolute Gasteiger partial charge is 0.396 e. The molecule has 0 atom stereocenters. The van der Waals surface area contributed by atoms with Crippen LogP contribution >= 0.6 is 0 Å². The Morgan fingerprint density at radius 1 is 1.47 bits per heavy atom. The van der Waals surface area contributed by atoms with Gasteiger partial charge >= 0.3 is 0 Å². The Balaban J connectivity index is 2.42. The number of methoxy groups -OCH3 is 1. The molecule has 0 fully saturated rings. The highest BCUT2D eigenvalue weighted by molar-refractivity contribution is 5.98. The SMILES string of the molecule is CCn1cc(N)c(C(=O)NCC(=O)NCCOC)n1. The average molecular weight is 269 g/mol. The smallest absolute Gasteiger partial charge is 0.274 e. The molecule has 0 spiro atoms. The van der Waals surface area contributed by atoms with E-state index in [4.69, 9.17) is 10.5 Å². The number of nitrogens with one attached hydrogen (secondary N) is 2. The third-order valence-corrected chi connectivity index (χ3v) is 2.37. The van der Waals surface area contributed by atoms with Gasteiger partial charge in [0.1, 0.15) is 0 Å². The Labute approximate surface area is 111 Å². The topological polar surface area (TPSA) is 111 Å². The number of aromatic nitrogens is 2. The van der Waals surface area contributed by atoms with Gasteiger partial charge in [-0.2, -0.15) is 5.10 Å². The number of hydrogen-bond donors (Lipinski definition) is 3. The van der Waals surface area contributed by atoms with Crippen molar-refractivity contribution in [3.63, 3.8) is 0 Å². The molecule has 0 aliphatic carbocycles. The first-order valence-corrected chi connectivity index (χ1v) is 5.95. The van der Waals surface area contributed by atoms with E-state index >= 15 is 0 Å². The van der Waals surface area contributed by atoms with Gasteiger partial charge in [-0.25, -0.2) is 0 Å². The van der Waals surface area contributed by atoms with E-state index in [1.54, 1.807) is 18.0 Å². The lowest BCUT2D eigenvalue weighted by Gasteiger charge is -2.05. The quantitative estimate of drug-likeness (QED) is 0.548. The number of anilines is 1. The van der Waals surface area contributed by atoms with Gasteiger partial charge in [0.15, 0.2) is 5.69 Å². The molecule has 8 heteroatoms. The van der Waals surface area contributed by atoms with Crippen molar-refractivity contribution in [2.45, 2.75) is 13.5 Å². The van der Waals surface area contributed by atoms with Gasteiger partial charge < -0.3 is 21.1 Å². The van der Waals surface area contributed by atoms with Crippen LogP contribution in [0.5, 0.6) is 0 Å². The molecule has 0 saturated heterocycles. The minimum Gasteiger partial charge on any atom is -0.396 e. The van der Waals surface area contributed by atoms with Crippen molar-refractivity contribution in [2.24, 2.45) is 0 Å². The van der Waals surface area contributed by atoms with Crippen LogP contribution < -0.4 is 16.4 Å². The normalized spacial score (nSPS) is 10.2. The average Bonchev–Trinajstić information content (AvgIpc) is 2.77. The van der Waals surface area contributed by atoms with E-state index in [2.05, 4.69) is 15.7 Å². The number of carbonyl (C=O) groups is 2. The van der Waals surface area contributed by atoms with Crippen molar-refractivity contribution in [3.05, 3.63) is 11.9 Å². The molecule has 19 heavy (non-hydrogen) atoms. The number of carbonyl (C=O) groups excluding carboxylic acids is 2. The number of rotatable bonds is 7. The second kappa shape index (κ2) is 7.37. The molecular formula is C11H19N5O3. The zero-order valence-corrected chi connectivity index (χ0v) is 11.1. The van der Waals surface area contributed by atoms with Gasteiger partial charge in [-0.1, -0.05) is 0 Å². The van der Waals surface area contributed by atoms with Crippen LogP contribution in [-0.2, 0) is 16.1 Å². The molecule has 106 valence electrons. The third kappa shape index (κ3) is 4.59. The summed E-state index contributed by atoms with van der Waals surface area (Å²) < 4.78 is 6.35. The number of nitrogens with zero attached hydrogens (tertiary/aromatic N) is 2. The number of ether oxygens (including phenoxy) is 1. The first-order valence-electron chi connectivity index (χ1n) is 5.95. The van der Waals surface area contributed by atoms with E-state index in [9.17, 15) is 9.59 Å². The Morgan fingerprint density at radius 2 is 2.21 bits per heavy atom. The molecule has 4 N–H and O–H groups in total. The fourth-order valence-electron chi connectivity index (χ4n) is 1.37. The van der Waals surface area contributed by atoms with E-state index in [1.807, 2.05) is 6.92 Å². The highest BCUT2D eigenvalue weighted by Gasteiger charge is 2.15. The summed E-state index contributed by atoms with van der Waals surface area (Å²) in [4.78, 5) is 23.1. The fourth-order valence-corrected chi connectivity index (χ4v) is 1.37. The predicted octanol–water partition coefficient (Wildman–Crippen LogP) is -1.02. The zero-order chi connectivity index (χ0) is 14.3. The maximum absolute atomic E-state index is 11.8. The minimum atomic E-state index is -0.466. The van der Waals surface area contributed by atoms with E-state index in [-0.39, 0.29) is 18.1 Å². The van der Waals surface area contributed by atoms with Crippen molar-refractivity contribution in [2.75, 3.05) is 32.5 Å². The summed E-state index contributed by atoms with van der Waals surface area (Å²) in [6, 6.07) is 0. The molecule has 1 aromatic rings. The van der Waals surface area contributed by atoms with Gasteiger partial charge in [-0.05, 0) is 6.92 Å². The molecule has 0 aliphatic rings. The van der Waals surface area contributed by atoms with Crippen molar-refractivity contribution >= 4 is 17.5 Å². The van der Waals surface area contributed by atoms with Crippen molar-refractivity contribution in [3.8, 4) is 0 Å². The molecule has 0 radical (unpaired) electrons. The lowest BCUT2D eigenvalue weighted by atomic mass is 10.3. The van der Waals surface area contributed by atoms with Crippen molar-refractivity contribution < 1.29 is 14.3 Å². The molecule has 0 aromatic carbocycles. The Morgan fingerprint density at radius 3 is 2.79 bits per heavy atom.